The number of methoxy groups -OCH3 is 1. The Kier molecular flexibility index (Phi) is 6.65. The van der Waals surface area contributed by atoms with Crippen molar-refractivity contribution in [3.05, 3.63) is 95.1 Å². The van der Waals surface area contributed by atoms with Gasteiger partial charge in [0, 0.05) is 26.2 Å². The fourth-order valence-corrected chi connectivity index (χ4v) is 5.75. The highest BCUT2D eigenvalue weighted by molar-refractivity contribution is 7.89. The van der Waals surface area contributed by atoms with Crippen LogP contribution in [0.2, 0.25) is 0 Å². The van der Waals surface area contributed by atoms with E-state index < -0.39 is 10.0 Å². The third kappa shape index (κ3) is 4.58. The first-order chi connectivity index (χ1) is 15.4. The predicted molar refractivity (Wildman–Crippen MR) is 128 cm³/mol. The molecule has 0 bridgehead atoms. The molecule has 1 atom stereocenters. The highest BCUT2D eigenvalue weighted by atomic mass is 32.2. The van der Waals surface area contributed by atoms with Crippen LogP contribution in [0.25, 0.3) is 0 Å². The van der Waals surface area contributed by atoms with Crippen LogP contribution in [-0.4, -0.2) is 50.9 Å². The van der Waals surface area contributed by atoms with Gasteiger partial charge in [0.1, 0.15) is 5.75 Å². The summed E-state index contributed by atoms with van der Waals surface area (Å²) in [4.78, 5) is 2.70. The van der Waals surface area contributed by atoms with Crippen molar-refractivity contribution in [2.24, 2.45) is 0 Å². The van der Waals surface area contributed by atoms with Crippen LogP contribution in [0, 0.1) is 13.8 Å². The molecule has 0 N–H and O–H groups in total. The van der Waals surface area contributed by atoms with Gasteiger partial charge < -0.3 is 4.74 Å². The van der Waals surface area contributed by atoms with Crippen LogP contribution < -0.4 is 4.74 Å². The van der Waals surface area contributed by atoms with E-state index >= 15 is 0 Å². The SMILES string of the molecule is COc1ccc(S(=O)(=O)N2CCN([C@H](c3ccc(C)cc3)c3ccccc3C)CC2)cc1. The summed E-state index contributed by atoms with van der Waals surface area (Å²) in [5, 5.41) is 0. The quantitative estimate of drug-likeness (QED) is 0.558. The van der Waals surface area contributed by atoms with E-state index in [9.17, 15) is 8.42 Å². The van der Waals surface area contributed by atoms with Gasteiger partial charge in [-0.2, -0.15) is 4.31 Å². The molecule has 1 aliphatic heterocycles. The Morgan fingerprint density at radius 2 is 1.44 bits per heavy atom. The van der Waals surface area contributed by atoms with E-state index in [1.54, 1.807) is 35.7 Å². The van der Waals surface area contributed by atoms with E-state index in [0.717, 1.165) is 0 Å². The van der Waals surface area contributed by atoms with Crippen LogP contribution in [0.5, 0.6) is 5.75 Å². The molecular weight excluding hydrogens is 420 g/mol. The molecule has 4 rings (SSSR count). The van der Waals surface area contributed by atoms with Gasteiger partial charge in [-0.1, -0.05) is 54.1 Å². The number of sulfonamides is 1. The third-order valence-electron chi connectivity index (χ3n) is 6.21. The van der Waals surface area contributed by atoms with E-state index in [4.69, 9.17) is 4.74 Å². The molecule has 0 aromatic heterocycles. The smallest absolute Gasteiger partial charge is 0.243 e. The largest absolute Gasteiger partial charge is 0.497 e. The van der Waals surface area contributed by atoms with Gasteiger partial charge >= 0.3 is 0 Å². The van der Waals surface area contributed by atoms with Crippen LogP contribution in [-0.2, 0) is 10.0 Å². The van der Waals surface area contributed by atoms with Gasteiger partial charge in [0.2, 0.25) is 10.0 Å². The minimum atomic E-state index is -3.53. The van der Waals surface area contributed by atoms with E-state index in [2.05, 4.69) is 67.3 Å². The lowest BCUT2D eigenvalue weighted by Gasteiger charge is -2.39. The monoisotopic (exact) mass is 450 g/mol. The van der Waals surface area contributed by atoms with Crippen molar-refractivity contribution >= 4 is 10.0 Å². The molecule has 0 unspecified atom stereocenters. The fourth-order valence-electron chi connectivity index (χ4n) is 4.33. The van der Waals surface area contributed by atoms with E-state index in [1.165, 1.54) is 22.3 Å². The molecule has 3 aromatic rings. The second-order valence-corrected chi connectivity index (χ2v) is 10.2. The Morgan fingerprint density at radius 3 is 2.03 bits per heavy atom. The summed E-state index contributed by atoms with van der Waals surface area (Å²) in [5.41, 5.74) is 4.97. The molecule has 3 aromatic carbocycles. The Balaban J connectivity index is 1.57. The summed E-state index contributed by atoms with van der Waals surface area (Å²) in [7, 11) is -1.96. The molecule has 1 saturated heterocycles. The first-order valence-electron chi connectivity index (χ1n) is 10.9. The van der Waals surface area contributed by atoms with Gasteiger partial charge in [-0.25, -0.2) is 8.42 Å². The van der Waals surface area contributed by atoms with Gasteiger partial charge in [0.25, 0.3) is 0 Å². The van der Waals surface area contributed by atoms with Gasteiger partial charge in [-0.05, 0) is 54.8 Å². The summed E-state index contributed by atoms with van der Waals surface area (Å²) in [6.07, 6.45) is 0. The van der Waals surface area contributed by atoms with Crippen molar-refractivity contribution in [2.75, 3.05) is 33.3 Å². The number of hydrogen-bond acceptors (Lipinski definition) is 4. The molecule has 0 saturated carbocycles. The summed E-state index contributed by atoms with van der Waals surface area (Å²) in [6.45, 7) is 6.49. The van der Waals surface area contributed by atoms with Crippen molar-refractivity contribution in [1.29, 1.82) is 0 Å². The number of benzene rings is 3. The summed E-state index contributed by atoms with van der Waals surface area (Å²) in [6, 6.07) is 23.8. The van der Waals surface area contributed by atoms with Gasteiger partial charge in [-0.15, -0.1) is 0 Å². The van der Waals surface area contributed by atoms with Crippen molar-refractivity contribution in [2.45, 2.75) is 24.8 Å². The average Bonchev–Trinajstić information content (AvgIpc) is 2.82. The predicted octanol–water partition coefficient (Wildman–Crippen LogP) is 4.41. The first kappa shape index (κ1) is 22.5. The first-order valence-corrected chi connectivity index (χ1v) is 12.3. The second-order valence-electron chi connectivity index (χ2n) is 8.29. The standard InChI is InChI=1S/C26H30N2O3S/c1-20-8-10-22(11-9-20)26(25-7-5-4-6-21(25)2)27-16-18-28(19-17-27)32(29,30)24-14-12-23(31-3)13-15-24/h4-15,26H,16-19H2,1-3H3/t26-/m1/s1. The van der Waals surface area contributed by atoms with Gasteiger partial charge in [0.05, 0.1) is 18.0 Å². The third-order valence-corrected chi connectivity index (χ3v) is 8.12. The van der Waals surface area contributed by atoms with E-state index in [0.29, 0.717) is 36.8 Å². The maximum absolute atomic E-state index is 13.2. The Morgan fingerprint density at radius 1 is 0.812 bits per heavy atom. The van der Waals surface area contributed by atoms with Crippen LogP contribution >= 0.6 is 0 Å². The van der Waals surface area contributed by atoms with Crippen LogP contribution in [0.1, 0.15) is 28.3 Å². The fraction of sp³-hybridized carbons (Fsp3) is 0.308. The van der Waals surface area contributed by atoms with Crippen molar-refractivity contribution in [1.82, 2.24) is 9.21 Å². The number of rotatable bonds is 6. The van der Waals surface area contributed by atoms with Gasteiger partial charge in [-0.3, -0.25) is 4.90 Å². The highest BCUT2D eigenvalue weighted by Crippen LogP contribution is 2.32. The molecule has 0 amide bonds. The highest BCUT2D eigenvalue weighted by Gasteiger charge is 2.32. The molecule has 32 heavy (non-hydrogen) atoms. The lowest BCUT2D eigenvalue weighted by molar-refractivity contribution is 0.155. The summed E-state index contributed by atoms with van der Waals surface area (Å²) in [5.74, 6) is 0.646. The lowest BCUT2D eigenvalue weighted by Crippen LogP contribution is -2.49. The van der Waals surface area contributed by atoms with Crippen molar-refractivity contribution < 1.29 is 13.2 Å². The average molecular weight is 451 g/mol. The number of aryl methyl sites for hydroxylation is 2. The molecule has 1 fully saturated rings. The number of hydrogen-bond donors (Lipinski definition) is 0. The molecule has 5 nitrogen and oxygen atoms in total. The van der Waals surface area contributed by atoms with Crippen LogP contribution in [0.15, 0.2) is 77.7 Å². The number of nitrogens with zero attached hydrogens (tertiary/aromatic N) is 2. The Labute approximate surface area is 191 Å². The zero-order valence-corrected chi connectivity index (χ0v) is 19.7. The summed E-state index contributed by atoms with van der Waals surface area (Å²) >= 11 is 0. The van der Waals surface area contributed by atoms with Crippen LogP contribution in [0.4, 0.5) is 0 Å². The Hall–Kier alpha value is -2.67. The topological polar surface area (TPSA) is 49.9 Å². The molecule has 6 heteroatoms. The minimum absolute atomic E-state index is 0.0997. The zero-order chi connectivity index (χ0) is 22.7. The van der Waals surface area contributed by atoms with E-state index in [1.807, 2.05) is 0 Å². The molecule has 0 aliphatic carbocycles. The zero-order valence-electron chi connectivity index (χ0n) is 18.9. The normalized spacial score (nSPS) is 16.6. The van der Waals surface area contributed by atoms with E-state index in [-0.39, 0.29) is 6.04 Å². The van der Waals surface area contributed by atoms with Crippen LogP contribution in [0.3, 0.4) is 0 Å². The number of ether oxygens (including phenoxy) is 1. The second kappa shape index (κ2) is 9.45. The maximum Gasteiger partial charge on any atom is 0.243 e. The number of piperazine rings is 1. The molecule has 0 spiro atoms. The lowest BCUT2D eigenvalue weighted by atomic mass is 9.92. The minimum Gasteiger partial charge on any atom is -0.497 e. The summed E-state index contributed by atoms with van der Waals surface area (Å²) < 4.78 is 33.1. The molecular formula is C26H30N2O3S. The molecule has 1 aliphatic rings. The molecule has 0 radical (unpaired) electrons. The maximum atomic E-state index is 13.2. The van der Waals surface area contributed by atoms with Crippen molar-refractivity contribution in [3.8, 4) is 5.75 Å². The molecule has 1 heterocycles. The molecule has 168 valence electrons. The van der Waals surface area contributed by atoms with Crippen molar-refractivity contribution in [3.63, 3.8) is 0 Å². The Bertz CT molecular complexity index is 1150. The van der Waals surface area contributed by atoms with Gasteiger partial charge in [0.15, 0.2) is 0 Å².